The molecule has 1 aliphatic heterocycles. The molecular weight excluding hydrogens is 346 g/mol. The first-order chi connectivity index (χ1) is 12.6. The third-order valence-electron chi connectivity index (χ3n) is 4.68. The molecule has 1 aliphatic rings. The lowest BCUT2D eigenvalue weighted by atomic mass is 9.99. The van der Waals surface area contributed by atoms with Gasteiger partial charge >= 0.3 is 0 Å². The summed E-state index contributed by atoms with van der Waals surface area (Å²) < 4.78 is 0. The third kappa shape index (κ3) is 5.08. The van der Waals surface area contributed by atoms with E-state index in [1.807, 2.05) is 23.6 Å². The molecule has 2 amide bonds. The number of anilines is 2. The molecule has 2 heterocycles. The number of hydrogen-bond acceptors (Lipinski definition) is 4. The van der Waals surface area contributed by atoms with E-state index in [0.717, 1.165) is 24.7 Å². The predicted octanol–water partition coefficient (Wildman–Crippen LogP) is 3.74. The number of hydrogen-bond donors (Lipinski definition) is 2. The molecule has 26 heavy (non-hydrogen) atoms. The first-order valence-corrected chi connectivity index (χ1v) is 9.96. The van der Waals surface area contributed by atoms with Crippen LogP contribution in [0, 0.1) is 5.92 Å². The van der Waals surface area contributed by atoms with Gasteiger partial charge < -0.3 is 15.5 Å². The fourth-order valence-electron chi connectivity index (χ4n) is 3.03. The minimum atomic E-state index is -0.131. The Kier molecular flexibility index (Phi) is 6.28. The van der Waals surface area contributed by atoms with E-state index in [0.29, 0.717) is 11.4 Å². The second-order valence-corrected chi connectivity index (χ2v) is 7.70. The summed E-state index contributed by atoms with van der Waals surface area (Å²) in [5.74, 6) is 0.578. The zero-order chi connectivity index (χ0) is 18.4. The summed E-state index contributed by atoms with van der Waals surface area (Å²) in [6.45, 7) is 4.82. The van der Waals surface area contributed by atoms with E-state index < -0.39 is 0 Å². The Morgan fingerprint density at radius 2 is 1.88 bits per heavy atom. The van der Waals surface area contributed by atoms with Gasteiger partial charge in [-0.15, -0.1) is 11.3 Å². The number of piperidine rings is 1. The topological polar surface area (TPSA) is 61.4 Å². The number of carbonyl (C=O) groups excluding carboxylic acids is 2. The number of carbonyl (C=O) groups is 2. The summed E-state index contributed by atoms with van der Waals surface area (Å²) in [5, 5.41) is 7.50. The van der Waals surface area contributed by atoms with Crippen LogP contribution in [0.2, 0.25) is 0 Å². The fourth-order valence-corrected chi connectivity index (χ4v) is 3.67. The van der Waals surface area contributed by atoms with Gasteiger partial charge in [-0.25, -0.2) is 0 Å². The van der Waals surface area contributed by atoms with Crippen LogP contribution in [-0.4, -0.2) is 31.4 Å². The van der Waals surface area contributed by atoms with Gasteiger partial charge in [0.05, 0.1) is 4.88 Å². The molecule has 1 aromatic heterocycles. The van der Waals surface area contributed by atoms with Crippen molar-refractivity contribution in [3.63, 3.8) is 0 Å². The zero-order valence-electron chi connectivity index (χ0n) is 15.0. The SMILES string of the molecule is CC1CCN(c2ccc(NC(=O)CCNC(=O)c3cccs3)cc2)CC1. The molecule has 0 radical (unpaired) electrons. The first kappa shape index (κ1) is 18.5. The molecule has 0 spiro atoms. The van der Waals surface area contributed by atoms with Gasteiger partial charge in [0, 0.05) is 37.4 Å². The van der Waals surface area contributed by atoms with E-state index in [2.05, 4.69) is 34.6 Å². The van der Waals surface area contributed by atoms with Crippen molar-refractivity contribution in [3.8, 4) is 0 Å². The number of rotatable bonds is 6. The number of benzene rings is 1. The molecule has 1 saturated heterocycles. The largest absolute Gasteiger partial charge is 0.372 e. The van der Waals surface area contributed by atoms with Gasteiger partial charge in [0.25, 0.3) is 5.91 Å². The molecular formula is C20H25N3O2S. The molecule has 0 atom stereocenters. The molecule has 2 N–H and O–H groups in total. The smallest absolute Gasteiger partial charge is 0.261 e. The maximum absolute atomic E-state index is 12.0. The van der Waals surface area contributed by atoms with Crippen molar-refractivity contribution < 1.29 is 9.59 Å². The normalized spacial score (nSPS) is 14.9. The Balaban J connectivity index is 1.42. The maximum atomic E-state index is 12.0. The van der Waals surface area contributed by atoms with Crippen molar-refractivity contribution in [1.82, 2.24) is 5.32 Å². The minimum absolute atomic E-state index is 0.101. The molecule has 0 aliphatic carbocycles. The summed E-state index contributed by atoms with van der Waals surface area (Å²) in [5.41, 5.74) is 1.99. The second-order valence-electron chi connectivity index (χ2n) is 6.75. The Morgan fingerprint density at radius 3 is 2.54 bits per heavy atom. The zero-order valence-corrected chi connectivity index (χ0v) is 15.8. The first-order valence-electron chi connectivity index (χ1n) is 9.08. The summed E-state index contributed by atoms with van der Waals surface area (Å²) in [7, 11) is 0. The Hall–Kier alpha value is -2.34. The van der Waals surface area contributed by atoms with Gasteiger partial charge in [-0.05, 0) is 54.5 Å². The lowest BCUT2D eigenvalue weighted by Crippen LogP contribution is -2.32. The van der Waals surface area contributed by atoms with Gasteiger partial charge in [-0.3, -0.25) is 9.59 Å². The fraction of sp³-hybridized carbons (Fsp3) is 0.400. The molecule has 138 valence electrons. The van der Waals surface area contributed by atoms with Gasteiger partial charge in [-0.2, -0.15) is 0 Å². The monoisotopic (exact) mass is 371 g/mol. The van der Waals surface area contributed by atoms with Crippen LogP contribution in [0.3, 0.4) is 0 Å². The molecule has 1 aromatic carbocycles. The minimum Gasteiger partial charge on any atom is -0.372 e. The summed E-state index contributed by atoms with van der Waals surface area (Å²) in [6, 6.07) is 11.6. The Morgan fingerprint density at radius 1 is 1.15 bits per heavy atom. The van der Waals surface area contributed by atoms with Crippen LogP contribution < -0.4 is 15.5 Å². The molecule has 1 fully saturated rings. The van der Waals surface area contributed by atoms with Crippen molar-refractivity contribution in [2.45, 2.75) is 26.2 Å². The van der Waals surface area contributed by atoms with Crippen LogP contribution in [0.25, 0.3) is 0 Å². The van der Waals surface area contributed by atoms with Crippen molar-refractivity contribution in [3.05, 3.63) is 46.7 Å². The molecule has 0 saturated carbocycles. The average molecular weight is 372 g/mol. The number of nitrogens with one attached hydrogen (secondary N) is 2. The molecule has 3 rings (SSSR count). The van der Waals surface area contributed by atoms with E-state index in [1.54, 1.807) is 6.07 Å². The molecule has 0 bridgehead atoms. The van der Waals surface area contributed by atoms with E-state index in [9.17, 15) is 9.59 Å². The number of amides is 2. The maximum Gasteiger partial charge on any atom is 0.261 e. The van der Waals surface area contributed by atoms with Gasteiger partial charge in [-0.1, -0.05) is 13.0 Å². The highest BCUT2D eigenvalue weighted by molar-refractivity contribution is 7.12. The van der Waals surface area contributed by atoms with Gasteiger partial charge in [0.2, 0.25) is 5.91 Å². The molecule has 6 heteroatoms. The van der Waals surface area contributed by atoms with Crippen LogP contribution >= 0.6 is 11.3 Å². The standard InChI is InChI=1S/C20H25N3O2S/c1-15-9-12-23(13-10-15)17-6-4-16(5-7-17)22-19(24)8-11-21-20(25)18-3-2-14-26-18/h2-7,14-15H,8-13H2,1H3,(H,21,25)(H,22,24). The van der Waals surface area contributed by atoms with E-state index >= 15 is 0 Å². The summed E-state index contributed by atoms with van der Waals surface area (Å²) >= 11 is 1.39. The van der Waals surface area contributed by atoms with Crippen LogP contribution in [0.4, 0.5) is 11.4 Å². The van der Waals surface area contributed by atoms with Crippen molar-refractivity contribution in [1.29, 1.82) is 0 Å². The van der Waals surface area contributed by atoms with E-state index in [-0.39, 0.29) is 18.2 Å². The summed E-state index contributed by atoms with van der Waals surface area (Å²) in [6.07, 6.45) is 2.72. The van der Waals surface area contributed by atoms with Crippen molar-refractivity contribution >= 4 is 34.5 Å². The third-order valence-corrected chi connectivity index (χ3v) is 5.55. The second kappa shape index (κ2) is 8.85. The van der Waals surface area contributed by atoms with Crippen molar-refractivity contribution in [2.75, 3.05) is 29.9 Å². The summed E-state index contributed by atoms with van der Waals surface area (Å²) in [4.78, 5) is 26.9. The lowest BCUT2D eigenvalue weighted by Gasteiger charge is -2.32. The van der Waals surface area contributed by atoms with Crippen LogP contribution in [-0.2, 0) is 4.79 Å². The molecule has 0 unspecified atom stereocenters. The van der Waals surface area contributed by atoms with E-state index in [4.69, 9.17) is 0 Å². The average Bonchev–Trinajstić information content (AvgIpc) is 3.18. The van der Waals surface area contributed by atoms with Crippen LogP contribution in [0.15, 0.2) is 41.8 Å². The Labute approximate surface area is 158 Å². The highest BCUT2D eigenvalue weighted by atomic mass is 32.1. The molecule has 5 nitrogen and oxygen atoms in total. The lowest BCUT2D eigenvalue weighted by molar-refractivity contribution is -0.116. The quantitative estimate of drug-likeness (QED) is 0.813. The van der Waals surface area contributed by atoms with Gasteiger partial charge in [0.15, 0.2) is 0 Å². The van der Waals surface area contributed by atoms with Crippen LogP contribution in [0.1, 0.15) is 35.9 Å². The highest BCUT2D eigenvalue weighted by Crippen LogP contribution is 2.24. The van der Waals surface area contributed by atoms with E-state index in [1.165, 1.54) is 29.9 Å². The highest BCUT2D eigenvalue weighted by Gasteiger charge is 2.16. The van der Waals surface area contributed by atoms with Crippen molar-refractivity contribution in [2.24, 2.45) is 5.92 Å². The van der Waals surface area contributed by atoms with Crippen LogP contribution in [0.5, 0.6) is 0 Å². The predicted molar refractivity (Wildman–Crippen MR) is 107 cm³/mol. The molecule has 2 aromatic rings. The van der Waals surface area contributed by atoms with Gasteiger partial charge in [0.1, 0.15) is 0 Å². The number of nitrogens with zero attached hydrogens (tertiary/aromatic N) is 1. The Bertz CT molecular complexity index is 720. The number of thiophene rings is 1.